The van der Waals surface area contributed by atoms with Gasteiger partial charge in [-0.2, -0.15) is 0 Å². The van der Waals surface area contributed by atoms with Gasteiger partial charge in [0.15, 0.2) is 5.96 Å². The number of hydrogen-bond donors (Lipinski definition) is 3. The van der Waals surface area contributed by atoms with Gasteiger partial charge < -0.3 is 15.7 Å². The fraction of sp³-hybridized carbons (Fsp3) is 0.316. The van der Waals surface area contributed by atoms with E-state index in [1.54, 1.807) is 18.2 Å². The van der Waals surface area contributed by atoms with E-state index >= 15 is 0 Å². The molecule has 0 fully saturated rings. The van der Waals surface area contributed by atoms with Crippen LogP contribution >= 0.6 is 0 Å². The Morgan fingerprint density at radius 1 is 1.15 bits per heavy atom. The zero-order valence-electron chi connectivity index (χ0n) is 14.8. The minimum atomic E-state index is -0.554. The highest BCUT2D eigenvalue weighted by molar-refractivity contribution is 5.79. The predicted molar refractivity (Wildman–Crippen MR) is 102 cm³/mol. The first-order valence-corrected chi connectivity index (χ1v) is 8.59. The van der Waals surface area contributed by atoms with Crippen LogP contribution in [0.25, 0.3) is 0 Å². The molecule has 0 aromatic heterocycles. The molecule has 0 spiro atoms. The maximum atomic E-state index is 11.1. The van der Waals surface area contributed by atoms with E-state index < -0.39 is 11.0 Å². The molecule has 0 bridgehead atoms. The number of rotatable bonds is 8. The number of para-hydroxylation sites is 1. The van der Waals surface area contributed by atoms with Crippen molar-refractivity contribution in [2.75, 3.05) is 13.1 Å². The minimum Gasteiger partial charge on any atom is -0.388 e. The van der Waals surface area contributed by atoms with Crippen LogP contribution in [0.15, 0.2) is 59.6 Å². The number of benzene rings is 2. The van der Waals surface area contributed by atoms with Crippen molar-refractivity contribution in [2.24, 2.45) is 4.99 Å². The van der Waals surface area contributed by atoms with Gasteiger partial charge in [0.05, 0.1) is 23.1 Å². The van der Waals surface area contributed by atoms with Crippen molar-refractivity contribution in [3.05, 3.63) is 75.8 Å². The summed E-state index contributed by atoms with van der Waals surface area (Å²) in [5.74, 6) is 0.561. The molecule has 2 rings (SSSR count). The molecule has 0 saturated heterocycles. The minimum absolute atomic E-state index is 0.0617. The van der Waals surface area contributed by atoms with Crippen molar-refractivity contribution in [3.63, 3.8) is 0 Å². The van der Waals surface area contributed by atoms with E-state index in [1.807, 2.05) is 37.3 Å². The third-order valence-electron chi connectivity index (χ3n) is 3.83. The normalized spacial score (nSPS) is 12.5. The van der Waals surface area contributed by atoms with Crippen molar-refractivity contribution in [3.8, 4) is 0 Å². The predicted octanol–water partition coefficient (Wildman–Crippen LogP) is 2.77. The molecule has 1 atom stereocenters. The Morgan fingerprint density at radius 3 is 2.54 bits per heavy atom. The number of nitrogens with one attached hydrogen (secondary N) is 2. The summed E-state index contributed by atoms with van der Waals surface area (Å²) in [5.41, 5.74) is 1.49. The van der Waals surface area contributed by atoms with Crippen LogP contribution in [0, 0.1) is 10.1 Å². The molecule has 0 aliphatic carbocycles. The molecule has 3 N–H and O–H groups in total. The Kier molecular flexibility index (Phi) is 7.57. The number of guanidine groups is 1. The highest BCUT2D eigenvalue weighted by Gasteiger charge is 2.12. The van der Waals surface area contributed by atoms with Gasteiger partial charge in [0.1, 0.15) is 0 Å². The number of aliphatic hydroxyl groups is 1. The number of nitro benzene ring substituents is 1. The third kappa shape index (κ3) is 5.86. The van der Waals surface area contributed by atoms with Gasteiger partial charge in [0.2, 0.25) is 0 Å². The summed E-state index contributed by atoms with van der Waals surface area (Å²) in [4.78, 5) is 15.1. The Bertz CT molecular complexity index is 735. The average Bonchev–Trinajstić information content (AvgIpc) is 2.66. The molecule has 2 aromatic carbocycles. The molecular weight excluding hydrogens is 332 g/mol. The lowest BCUT2D eigenvalue weighted by atomic mass is 10.1. The summed E-state index contributed by atoms with van der Waals surface area (Å²) in [6.45, 7) is 3.34. The zero-order valence-corrected chi connectivity index (χ0v) is 14.8. The maximum Gasteiger partial charge on any atom is 0.274 e. The lowest BCUT2D eigenvalue weighted by Crippen LogP contribution is -2.38. The monoisotopic (exact) mass is 356 g/mol. The molecule has 0 saturated carbocycles. The topological polar surface area (TPSA) is 99.8 Å². The van der Waals surface area contributed by atoms with Crippen LogP contribution in [0.5, 0.6) is 0 Å². The third-order valence-corrected chi connectivity index (χ3v) is 3.83. The summed E-state index contributed by atoms with van der Waals surface area (Å²) in [6, 6.07) is 16.0. The summed E-state index contributed by atoms with van der Waals surface area (Å²) < 4.78 is 0. The highest BCUT2D eigenvalue weighted by Crippen LogP contribution is 2.18. The van der Waals surface area contributed by atoms with Gasteiger partial charge in [-0.1, -0.05) is 48.5 Å². The van der Waals surface area contributed by atoms with E-state index in [0.717, 1.165) is 5.56 Å². The first-order valence-electron chi connectivity index (χ1n) is 8.59. The summed E-state index contributed by atoms with van der Waals surface area (Å²) in [6.07, 6.45) is -0.0262. The SMILES string of the molecule is CCNC(=NCc1ccccc1[N+](=O)[O-])NCCC(O)c1ccccc1. The van der Waals surface area contributed by atoms with Crippen LogP contribution in [0.4, 0.5) is 5.69 Å². The molecule has 0 radical (unpaired) electrons. The Balaban J connectivity index is 1.94. The van der Waals surface area contributed by atoms with Gasteiger partial charge >= 0.3 is 0 Å². The van der Waals surface area contributed by atoms with E-state index in [1.165, 1.54) is 6.07 Å². The molecular formula is C19H24N4O3. The second-order valence-corrected chi connectivity index (χ2v) is 5.72. The van der Waals surface area contributed by atoms with Crippen molar-refractivity contribution in [1.82, 2.24) is 10.6 Å². The fourth-order valence-corrected chi connectivity index (χ4v) is 2.50. The summed E-state index contributed by atoms with van der Waals surface area (Å²) in [7, 11) is 0. The largest absolute Gasteiger partial charge is 0.388 e. The van der Waals surface area contributed by atoms with Crippen LogP contribution in [0.1, 0.15) is 30.6 Å². The molecule has 26 heavy (non-hydrogen) atoms. The second-order valence-electron chi connectivity index (χ2n) is 5.72. The molecule has 0 aliphatic rings. The average molecular weight is 356 g/mol. The molecule has 0 heterocycles. The van der Waals surface area contributed by atoms with Gasteiger partial charge in [-0.05, 0) is 18.9 Å². The standard InChI is InChI=1S/C19H24N4O3/c1-2-20-19(21-13-12-18(24)15-8-4-3-5-9-15)22-14-16-10-6-7-11-17(16)23(25)26/h3-11,18,24H,2,12-14H2,1H3,(H2,20,21,22). The first-order chi connectivity index (χ1) is 12.6. The number of aliphatic imine (C=N–C) groups is 1. The smallest absolute Gasteiger partial charge is 0.274 e. The fourth-order valence-electron chi connectivity index (χ4n) is 2.50. The van der Waals surface area contributed by atoms with E-state index in [0.29, 0.717) is 31.0 Å². The van der Waals surface area contributed by atoms with Crippen molar-refractivity contribution in [1.29, 1.82) is 0 Å². The molecule has 1 unspecified atom stereocenters. The Hall–Kier alpha value is -2.93. The van der Waals surface area contributed by atoms with E-state index in [2.05, 4.69) is 15.6 Å². The van der Waals surface area contributed by atoms with Crippen LogP contribution in [0.3, 0.4) is 0 Å². The highest BCUT2D eigenvalue weighted by atomic mass is 16.6. The van der Waals surface area contributed by atoms with Crippen LogP contribution in [0.2, 0.25) is 0 Å². The van der Waals surface area contributed by atoms with Crippen LogP contribution in [-0.4, -0.2) is 29.1 Å². The molecule has 2 aromatic rings. The first kappa shape index (κ1) is 19.4. The van der Waals surface area contributed by atoms with Gasteiger partial charge in [0.25, 0.3) is 5.69 Å². The van der Waals surface area contributed by atoms with Gasteiger partial charge in [-0.15, -0.1) is 0 Å². The van der Waals surface area contributed by atoms with Crippen molar-refractivity contribution < 1.29 is 10.0 Å². The number of aliphatic hydroxyl groups excluding tert-OH is 1. The lowest BCUT2D eigenvalue weighted by Gasteiger charge is -2.14. The lowest BCUT2D eigenvalue weighted by molar-refractivity contribution is -0.385. The van der Waals surface area contributed by atoms with Gasteiger partial charge in [-0.25, -0.2) is 4.99 Å². The molecule has 7 heteroatoms. The zero-order chi connectivity index (χ0) is 18.8. The van der Waals surface area contributed by atoms with E-state index in [9.17, 15) is 15.2 Å². The van der Waals surface area contributed by atoms with Crippen LogP contribution in [-0.2, 0) is 6.54 Å². The van der Waals surface area contributed by atoms with Gasteiger partial charge in [-0.3, -0.25) is 10.1 Å². The number of nitrogens with zero attached hydrogens (tertiary/aromatic N) is 2. The molecule has 0 aliphatic heterocycles. The quantitative estimate of drug-likeness (QED) is 0.292. The van der Waals surface area contributed by atoms with E-state index in [4.69, 9.17) is 0 Å². The van der Waals surface area contributed by atoms with Crippen molar-refractivity contribution >= 4 is 11.6 Å². The molecule has 0 amide bonds. The molecule has 7 nitrogen and oxygen atoms in total. The van der Waals surface area contributed by atoms with Crippen LogP contribution < -0.4 is 10.6 Å². The Morgan fingerprint density at radius 2 is 1.85 bits per heavy atom. The number of nitro groups is 1. The summed E-state index contributed by atoms with van der Waals surface area (Å²) >= 11 is 0. The Labute approximate surface area is 152 Å². The maximum absolute atomic E-state index is 11.1. The second kappa shape index (κ2) is 10.1. The van der Waals surface area contributed by atoms with Gasteiger partial charge in [0, 0.05) is 19.2 Å². The van der Waals surface area contributed by atoms with Crippen molar-refractivity contribution in [2.45, 2.75) is 26.0 Å². The summed E-state index contributed by atoms with van der Waals surface area (Å²) in [5, 5.41) is 27.5. The number of hydrogen-bond acceptors (Lipinski definition) is 4. The molecule has 138 valence electrons. The van der Waals surface area contributed by atoms with E-state index in [-0.39, 0.29) is 12.2 Å².